The average molecular weight is 269 g/mol. The van der Waals surface area contributed by atoms with Crippen molar-refractivity contribution in [3.8, 4) is 0 Å². The Labute approximate surface area is 112 Å². The fourth-order valence-corrected chi connectivity index (χ4v) is 2.09. The van der Waals surface area contributed by atoms with Crippen LogP contribution in [0.15, 0.2) is 24.3 Å². The highest BCUT2D eigenvalue weighted by Gasteiger charge is 2.28. The van der Waals surface area contributed by atoms with E-state index in [4.69, 9.17) is 16.3 Å². The van der Waals surface area contributed by atoms with E-state index in [2.05, 4.69) is 0 Å². The summed E-state index contributed by atoms with van der Waals surface area (Å²) in [4.78, 5) is 11.6. The third kappa shape index (κ3) is 3.47. The first-order chi connectivity index (χ1) is 8.58. The topological polar surface area (TPSA) is 46.5 Å². The van der Waals surface area contributed by atoms with Crippen molar-refractivity contribution in [2.75, 3.05) is 0 Å². The zero-order valence-electron chi connectivity index (χ0n) is 10.3. The molecule has 4 heteroatoms. The minimum Gasteiger partial charge on any atom is -0.460 e. The molecule has 0 spiro atoms. The number of aliphatic hydroxyl groups is 1. The second-order valence-corrected chi connectivity index (χ2v) is 5.22. The normalized spacial score (nSPS) is 18.2. The lowest BCUT2D eigenvalue weighted by Crippen LogP contribution is -2.22. The molecule has 1 aliphatic carbocycles. The Bertz CT molecular complexity index is 429. The summed E-state index contributed by atoms with van der Waals surface area (Å²) >= 11 is 5.99. The van der Waals surface area contributed by atoms with Crippen LogP contribution in [0.5, 0.6) is 0 Å². The van der Waals surface area contributed by atoms with Gasteiger partial charge < -0.3 is 9.84 Å². The Morgan fingerprint density at radius 1 is 1.50 bits per heavy atom. The van der Waals surface area contributed by atoms with Crippen molar-refractivity contribution in [3.63, 3.8) is 0 Å². The Morgan fingerprint density at radius 3 is 2.78 bits per heavy atom. The highest BCUT2D eigenvalue weighted by Crippen LogP contribution is 2.33. The minimum absolute atomic E-state index is 0.240. The van der Waals surface area contributed by atoms with Crippen molar-refractivity contribution >= 4 is 17.6 Å². The average Bonchev–Trinajstić information content (AvgIpc) is 3.12. The maximum Gasteiger partial charge on any atom is 0.306 e. The lowest BCUT2D eigenvalue weighted by atomic mass is 10.1. The highest BCUT2D eigenvalue weighted by molar-refractivity contribution is 6.31. The van der Waals surface area contributed by atoms with E-state index in [0.717, 1.165) is 12.8 Å². The van der Waals surface area contributed by atoms with Gasteiger partial charge >= 0.3 is 5.97 Å². The first-order valence-corrected chi connectivity index (χ1v) is 6.57. The number of carbonyl (C=O) groups excluding carboxylic acids is 1. The van der Waals surface area contributed by atoms with E-state index < -0.39 is 12.2 Å². The zero-order chi connectivity index (χ0) is 13.1. The van der Waals surface area contributed by atoms with Gasteiger partial charge in [-0.1, -0.05) is 29.8 Å². The van der Waals surface area contributed by atoms with E-state index in [9.17, 15) is 9.90 Å². The summed E-state index contributed by atoms with van der Waals surface area (Å²) in [6.45, 7) is 1.68. The van der Waals surface area contributed by atoms with E-state index in [0.29, 0.717) is 22.9 Å². The van der Waals surface area contributed by atoms with Crippen LogP contribution in [-0.2, 0) is 9.53 Å². The quantitative estimate of drug-likeness (QED) is 0.835. The first-order valence-electron chi connectivity index (χ1n) is 6.20. The summed E-state index contributed by atoms with van der Waals surface area (Å²) in [5.74, 6) is 0.248. The summed E-state index contributed by atoms with van der Waals surface area (Å²) in [6, 6.07) is 7.03. The molecule has 98 valence electrons. The lowest BCUT2D eigenvalue weighted by molar-refractivity contribution is -0.154. The SMILES string of the molecule is CC(OC(=O)CC1CC1)C(O)c1ccccc1Cl. The molecular formula is C14H17ClO3. The molecule has 1 saturated carbocycles. The van der Waals surface area contributed by atoms with Crippen molar-refractivity contribution in [1.29, 1.82) is 0 Å². The van der Waals surface area contributed by atoms with E-state index in [1.165, 1.54) is 0 Å². The molecule has 0 saturated heterocycles. The molecule has 1 aromatic rings. The Balaban J connectivity index is 1.93. The molecule has 1 fully saturated rings. The summed E-state index contributed by atoms with van der Waals surface area (Å²) in [5.41, 5.74) is 0.589. The zero-order valence-corrected chi connectivity index (χ0v) is 11.1. The number of carbonyl (C=O) groups is 1. The van der Waals surface area contributed by atoms with Crippen molar-refractivity contribution in [2.45, 2.75) is 38.4 Å². The Kier molecular flexibility index (Phi) is 4.25. The summed E-state index contributed by atoms with van der Waals surface area (Å²) in [7, 11) is 0. The van der Waals surface area contributed by atoms with Gasteiger partial charge in [0.15, 0.2) is 0 Å². The van der Waals surface area contributed by atoms with Gasteiger partial charge in [-0.3, -0.25) is 4.79 Å². The van der Waals surface area contributed by atoms with Crippen molar-refractivity contribution < 1.29 is 14.6 Å². The van der Waals surface area contributed by atoms with Crippen LogP contribution >= 0.6 is 11.6 Å². The van der Waals surface area contributed by atoms with E-state index >= 15 is 0 Å². The van der Waals surface area contributed by atoms with Crippen LogP contribution in [0.4, 0.5) is 0 Å². The summed E-state index contributed by atoms with van der Waals surface area (Å²) < 4.78 is 5.22. The Hall–Kier alpha value is -1.06. The van der Waals surface area contributed by atoms with Crippen molar-refractivity contribution in [2.24, 2.45) is 5.92 Å². The maximum absolute atomic E-state index is 11.6. The largest absolute Gasteiger partial charge is 0.460 e. The van der Waals surface area contributed by atoms with Gasteiger partial charge in [-0.15, -0.1) is 0 Å². The predicted molar refractivity (Wildman–Crippen MR) is 69.3 cm³/mol. The fourth-order valence-electron chi connectivity index (χ4n) is 1.85. The monoisotopic (exact) mass is 268 g/mol. The summed E-state index contributed by atoms with van der Waals surface area (Å²) in [5, 5.41) is 10.6. The van der Waals surface area contributed by atoms with Gasteiger partial charge in [0.1, 0.15) is 12.2 Å². The molecule has 0 aliphatic heterocycles. The molecule has 3 nitrogen and oxygen atoms in total. The number of aliphatic hydroxyl groups excluding tert-OH is 1. The predicted octanol–water partition coefficient (Wildman–Crippen LogP) is 3.11. The number of halogens is 1. The molecule has 2 rings (SSSR count). The molecule has 0 bridgehead atoms. The molecule has 0 heterocycles. The van der Waals surface area contributed by atoms with Gasteiger partial charge in [0, 0.05) is 17.0 Å². The van der Waals surface area contributed by atoms with E-state index in [1.54, 1.807) is 31.2 Å². The molecule has 18 heavy (non-hydrogen) atoms. The molecule has 0 amide bonds. The van der Waals surface area contributed by atoms with Crippen LogP contribution in [0.3, 0.4) is 0 Å². The van der Waals surface area contributed by atoms with Crippen LogP contribution in [-0.4, -0.2) is 17.2 Å². The van der Waals surface area contributed by atoms with Gasteiger partial charge in [-0.2, -0.15) is 0 Å². The minimum atomic E-state index is -0.887. The molecule has 0 aromatic heterocycles. The molecule has 0 radical (unpaired) electrons. The van der Waals surface area contributed by atoms with Crippen molar-refractivity contribution in [3.05, 3.63) is 34.9 Å². The second-order valence-electron chi connectivity index (χ2n) is 4.81. The number of benzene rings is 1. The van der Waals surface area contributed by atoms with Gasteiger partial charge in [-0.25, -0.2) is 0 Å². The third-order valence-corrected chi connectivity index (χ3v) is 3.48. The molecule has 1 aliphatic rings. The smallest absolute Gasteiger partial charge is 0.306 e. The van der Waals surface area contributed by atoms with Crippen LogP contribution in [0.2, 0.25) is 5.02 Å². The van der Waals surface area contributed by atoms with Crippen LogP contribution in [0, 0.1) is 5.92 Å². The molecule has 1 aromatic carbocycles. The van der Waals surface area contributed by atoms with E-state index in [-0.39, 0.29) is 5.97 Å². The van der Waals surface area contributed by atoms with Crippen LogP contribution in [0.1, 0.15) is 37.9 Å². The standard InChI is InChI=1S/C14H17ClO3/c1-9(18-13(16)8-10-6-7-10)14(17)11-4-2-3-5-12(11)15/h2-5,9-10,14,17H,6-8H2,1H3. The number of esters is 1. The molecule has 2 atom stereocenters. The first kappa shape index (κ1) is 13.4. The van der Waals surface area contributed by atoms with Crippen molar-refractivity contribution in [1.82, 2.24) is 0 Å². The lowest BCUT2D eigenvalue weighted by Gasteiger charge is -2.20. The number of rotatable bonds is 5. The maximum atomic E-state index is 11.6. The van der Waals surface area contributed by atoms with Gasteiger partial charge in [0.25, 0.3) is 0 Å². The molecule has 1 N–H and O–H groups in total. The molecular weight excluding hydrogens is 252 g/mol. The Morgan fingerprint density at radius 2 is 2.17 bits per heavy atom. The molecule has 2 unspecified atom stereocenters. The number of hydrogen-bond donors (Lipinski definition) is 1. The van der Waals surface area contributed by atoms with E-state index in [1.807, 2.05) is 0 Å². The van der Waals surface area contributed by atoms with Gasteiger partial charge in [-0.05, 0) is 31.7 Å². The highest BCUT2D eigenvalue weighted by atomic mass is 35.5. The third-order valence-electron chi connectivity index (χ3n) is 3.14. The van der Waals surface area contributed by atoms with Gasteiger partial charge in [0.05, 0.1) is 0 Å². The van der Waals surface area contributed by atoms with Crippen LogP contribution < -0.4 is 0 Å². The van der Waals surface area contributed by atoms with Crippen LogP contribution in [0.25, 0.3) is 0 Å². The number of hydrogen-bond acceptors (Lipinski definition) is 3. The number of ether oxygens (including phenoxy) is 1. The second kappa shape index (κ2) is 5.72. The fraction of sp³-hybridized carbons (Fsp3) is 0.500. The van der Waals surface area contributed by atoms with Gasteiger partial charge in [0.2, 0.25) is 0 Å². The summed E-state index contributed by atoms with van der Waals surface area (Å²) in [6.07, 6.45) is 1.20.